The Labute approximate surface area is 117 Å². The highest BCUT2D eigenvalue weighted by atomic mass is 79.9. The minimum absolute atomic E-state index is 0.0405. The average molecular weight is 326 g/mol. The Morgan fingerprint density at radius 1 is 1.53 bits per heavy atom. The maximum absolute atomic E-state index is 10.6. The maximum Gasteiger partial charge on any atom is 0.404 e. The number of halogens is 1. The third-order valence-corrected chi connectivity index (χ3v) is 3.69. The molecule has 1 atom stereocenters. The summed E-state index contributed by atoms with van der Waals surface area (Å²) in [5.41, 5.74) is 0.773. The molecule has 0 saturated carbocycles. The first kappa shape index (κ1) is 12.2. The maximum atomic E-state index is 10.6. The first-order valence-corrected chi connectivity index (χ1v) is 6.67. The van der Waals surface area contributed by atoms with E-state index < -0.39 is 6.09 Å². The van der Waals surface area contributed by atoms with Crippen molar-refractivity contribution in [1.82, 2.24) is 19.9 Å². The van der Waals surface area contributed by atoms with E-state index >= 15 is 0 Å². The van der Waals surface area contributed by atoms with Gasteiger partial charge in [0, 0.05) is 13.1 Å². The fraction of sp³-hybridized carbons (Fsp3) is 0.364. The van der Waals surface area contributed by atoms with Crippen molar-refractivity contribution >= 4 is 33.5 Å². The van der Waals surface area contributed by atoms with Crippen LogP contribution >= 0.6 is 15.9 Å². The molecule has 1 amide bonds. The zero-order valence-corrected chi connectivity index (χ0v) is 11.5. The summed E-state index contributed by atoms with van der Waals surface area (Å²) >= 11 is 3.38. The molecule has 8 heteroatoms. The highest BCUT2D eigenvalue weighted by Crippen LogP contribution is 2.20. The molecule has 0 radical (unpaired) electrons. The van der Waals surface area contributed by atoms with Gasteiger partial charge < -0.3 is 15.3 Å². The van der Waals surface area contributed by atoms with Gasteiger partial charge >= 0.3 is 6.09 Å². The molecule has 2 N–H and O–H groups in total. The van der Waals surface area contributed by atoms with E-state index in [0.29, 0.717) is 6.54 Å². The lowest BCUT2D eigenvalue weighted by atomic mass is 10.3. The number of nitrogens with zero attached hydrogens (tertiary/aromatic N) is 4. The van der Waals surface area contributed by atoms with Gasteiger partial charge in [0.2, 0.25) is 0 Å². The van der Waals surface area contributed by atoms with Crippen molar-refractivity contribution in [3.63, 3.8) is 0 Å². The molecule has 0 aliphatic carbocycles. The van der Waals surface area contributed by atoms with Crippen LogP contribution < -0.4 is 10.2 Å². The number of rotatable bonds is 2. The molecule has 0 spiro atoms. The van der Waals surface area contributed by atoms with E-state index in [0.717, 1.165) is 29.0 Å². The summed E-state index contributed by atoms with van der Waals surface area (Å²) in [6.45, 7) is 1.42. The first-order chi connectivity index (χ1) is 9.13. The second-order valence-corrected chi connectivity index (χ2v) is 5.24. The van der Waals surface area contributed by atoms with Gasteiger partial charge in [-0.05, 0) is 34.5 Å². The van der Waals surface area contributed by atoms with Crippen LogP contribution in [-0.4, -0.2) is 44.9 Å². The largest absolute Gasteiger partial charge is 0.465 e. The van der Waals surface area contributed by atoms with Crippen LogP contribution in [0.15, 0.2) is 22.9 Å². The predicted molar refractivity (Wildman–Crippen MR) is 72.5 cm³/mol. The molecule has 2 aromatic heterocycles. The fourth-order valence-corrected chi connectivity index (χ4v) is 2.63. The van der Waals surface area contributed by atoms with Crippen molar-refractivity contribution in [2.75, 3.05) is 18.0 Å². The standard InChI is InChI=1S/C11H12BrN5O2/c12-8-5-13-9-1-2-10(15-17(8)9)16-4-3-7(6-16)14-11(18)19/h1-2,5,7,14H,3-4,6H2,(H,18,19)/t7-/m0/s1. The van der Waals surface area contributed by atoms with Crippen LogP contribution in [0, 0.1) is 0 Å². The summed E-state index contributed by atoms with van der Waals surface area (Å²) in [6.07, 6.45) is 1.51. The molecule has 2 aromatic rings. The Morgan fingerprint density at radius 3 is 3.16 bits per heavy atom. The van der Waals surface area contributed by atoms with Crippen LogP contribution in [0.4, 0.5) is 10.6 Å². The Hall–Kier alpha value is -1.83. The Bertz CT molecular complexity index is 629. The second kappa shape index (κ2) is 4.69. The first-order valence-electron chi connectivity index (χ1n) is 5.88. The molecule has 0 bridgehead atoms. The topological polar surface area (TPSA) is 82.8 Å². The summed E-state index contributed by atoms with van der Waals surface area (Å²) in [5, 5.41) is 15.7. The van der Waals surface area contributed by atoms with Crippen LogP contribution in [0.1, 0.15) is 6.42 Å². The fourth-order valence-electron chi connectivity index (χ4n) is 2.27. The van der Waals surface area contributed by atoms with Crippen molar-refractivity contribution in [1.29, 1.82) is 0 Å². The number of hydrogen-bond acceptors (Lipinski definition) is 4. The molecule has 1 aliphatic heterocycles. The summed E-state index contributed by atoms with van der Waals surface area (Å²) < 4.78 is 2.51. The number of carbonyl (C=O) groups is 1. The average Bonchev–Trinajstić information content (AvgIpc) is 2.96. The van der Waals surface area contributed by atoms with Gasteiger partial charge in [-0.15, -0.1) is 5.10 Å². The van der Waals surface area contributed by atoms with Gasteiger partial charge in [-0.2, -0.15) is 0 Å². The Morgan fingerprint density at radius 2 is 2.37 bits per heavy atom. The zero-order valence-electron chi connectivity index (χ0n) is 9.95. The molecule has 1 saturated heterocycles. The van der Waals surface area contributed by atoms with E-state index in [4.69, 9.17) is 5.11 Å². The SMILES string of the molecule is O=C(O)N[C@H]1CCN(c2ccc3ncc(Br)n3n2)C1. The number of amides is 1. The molecule has 19 heavy (non-hydrogen) atoms. The molecular formula is C11H12BrN5O2. The molecule has 0 aromatic carbocycles. The minimum Gasteiger partial charge on any atom is -0.465 e. The second-order valence-electron chi connectivity index (χ2n) is 4.42. The quantitative estimate of drug-likeness (QED) is 0.870. The number of fused-ring (bicyclic) bond motifs is 1. The van der Waals surface area contributed by atoms with Crippen LogP contribution in [0.2, 0.25) is 0 Å². The number of hydrogen-bond donors (Lipinski definition) is 2. The van der Waals surface area contributed by atoms with Crippen molar-refractivity contribution in [2.24, 2.45) is 0 Å². The summed E-state index contributed by atoms with van der Waals surface area (Å²) in [4.78, 5) is 16.9. The normalized spacial score (nSPS) is 19.0. The van der Waals surface area contributed by atoms with Crippen LogP contribution in [0.5, 0.6) is 0 Å². The van der Waals surface area contributed by atoms with Crippen molar-refractivity contribution in [2.45, 2.75) is 12.5 Å². The third-order valence-electron chi connectivity index (χ3n) is 3.15. The minimum atomic E-state index is -0.979. The number of carboxylic acid groups (broad SMARTS) is 1. The number of imidazole rings is 1. The van der Waals surface area contributed by atoms with Gasteiger partial charge in [0.1, 0.15) is 10.4 Å². The Balaban J connectivity index is 1.81. The lowest BCUT2D eigenvalue weighted by molar-refractivity contribution is 0.191. The zero-order chi connectivity index (χ0) is 13.4. The molecule has 3 rings (SSSR count). The van der Waals surface area contributed by atoms with Crippen LogP contribution in [-0.2, 0) is 0 Å². The van der Waals surface area contributed by atoms with Crippen molar-refractivity contribution in [3.8, 4) is 0 Å². The lowest BCUT2D eigenvalue weighted by Crippen LogP contribution is -2.36. The molecular weight excluding hydrogens is 314 g/mol. The molecule has 3 heterocycles. The lowest BCUT2D eigenvalue weighted by Gasteiger charge is -2.17. The van der Waals surface area contributed by atoms with E-state index in [1.807, 2.05) is 12.1 Å². The van der Waals surface area contributed by atoms with Gasteiger partial charge in [-0.25, -0.2) is 14.3 Å². The molecule has 7 nitrogen and oxygen atoms in total. The van der Waals surface area contributed by atoms with Gasteiger partial charge in [-0.3, -0.25) is 0 Å². The van der Waals surface area contributed by atoms with Gasteiger partial charge in [0.25, 0.3) is 0 Å². The van der Waals surface area contributed by atoms with E-state index in [9.17, 15) is 4.79 Å². The van der Waals surface area contributed by atoms with Crippen LogP contribution in [0.25, 0.3) is 5.65 Å². The van der Waals surface area contributed by atoms with Gasteiger partial charge in [0.15, 0.2) is 5.65 Å². The van der Waals surface area contributed by atoms with Crippen molar-refractivity contribution < 1.29 is 9.90 Å². The molecule has 1 aliphatic rings. The summed E-state index contributed by atoms with van der Waals surface area (Å²) in [7, 11) is 0. The Kier molecular flexibility index (Phi) is 3.02. The highest BCUT2D eigenvalue weighted by Gasteiger charge is 2.25. The number of aromatic nitrogens is 3. The van der Waals surface area contributed by atoms with E-state index in [1.54, 1.807) is 10.7 Å². The number of nitrogens with one attached hydrogen (secondary N) is 1. The van der Waals surface area contributed by atoms with E-state index in [-0.39, 0.29) is 6.04 Å². The number of anilines is 1. The monoisotopic (exact) mass is 325 g/mol. The van der Waals surface area contributed by atoms with E-state index in [1.165, 1.54) is 0 Å². The summed E-state index contributed by atoms with van der Waals surface area (Å²) in [6, 6.07) is 3.75. The van der Waals surface area contributed by atoms with Crippen molar-refractivity contribution in [3.05, 3.63) is 22.9 Å². The summed E-state index contributed by atoms with van der Waals surface area (Å²) in [5.74, 6) is 0.820. The van der Waals surface area contributed by atoms with E-state index in [2.05, 4.69) is 36.2 Å². The molecule has 1 fully saturated rings. The smallest absolute Gasteiger partial charge is 0.404 e. The molecule has 0 unspecified atom stereocenters. The van der Waals surface area contributed by atoms with Gasteiger partial charge in [0.05, 0.1) is 12.2 Å². The van der Waals surface area contributed by atoms with Gasteiger partial charge in [-0.1, -0.05) is 0 Å². The predicted octanol–water partition coefficient (Wildman–Crippen LogP) is 1.34. The molecule has 100 valence electrons. The third kappa shape index (κ3) is 2.35. The van der Waals surface area contributed by atoms with Crippen LogP contribution in [0.3, 0.4) is 0 Å². The highest BCUT2D eigenvalue weighted by molar-refractivity contribution is 9.10.